The highest BCUT2D eigenvalue weighted by Crippen LogP contribution is 2.59. The molecule has 4 nitrogen and oxygen atoms in total. The smallest absolute Gasteiger partial charge is 0.336 e. The fourth-order valence-corrected chi connectivity index (χ4v) is 5.50. The normalized spacial score (nSPS) is 30.4. The van der Waals surface area contributed by atoms with Crippen LogP contribution in [0.15, 0.2) is 18.2 Å². The minimum absolute atomic E-state index is 0. The molecule has 26 heavy (non-hydrogen) atoms. The summed E-state index contributed by atoms with van der Waals surface area (Å²) in [5.41, 5.74) is 0.0726. The molecule has 140 valence electrons. The second kappa shape index (κ2) is 7.50. The average molecular weight is 397 g/mol. The predicted octanol–water partition coefficient (Wildman–Crippen LogP) is 4.49. The van der Waals surface area contributed by atoms with Crippen molar-refractivity contribution >= 4 is 36.8 Å². The van der Waals surface area contributed by atoms with Crippen molar-refractivity contribution in [2.24, 2.45) is 23.2 Å². The minimum atomic E-state index is -1.13. The standard InChI is InChI=1S/C20H20O4.2ClH/c21-18(22)16-2-1-3-17(19(23)24)15(16)4-5-20-9-12-6-13(10-20)8-14(7-12)11-20;;/h1-3,12-14H,6-11H2,(H,21,22)(H,23,24);2*1H. The number of carboxylic acids is 2. The maximum atomic E-state index is 11.5. The van der Waals surface area contributed by atoms with E-state index in [9.17, 15) is 19.8 Å². The van der Waals surface area contributed by atoms with Gasteiger partial charge >= 0.3 is 11.9 Å². The Morgan fingerprint density at radius 3 is 1.69 bits per heavy atom. The maximum absolute atomic E-state index is 11.5. The lowest BCUT2D eigenvalue weighted by Gasteiger charge is -2.54. The molecule has 4 aliphatic carbocycles. The Morgan fingerprint density at radius 1 is 0.885 bits per heavy atom. The third-order valence-electron chi connectivity index (χ3n) is 6.02. The number of carbonyl (C=O) groups is 2. The van der Waals surface area contributed by atoms with Crippen LogP contribution in [0.4, 0.5) is 0 Å². The zero-order valence-electron chi connectivity index (χ0n) is 14.2. The fraction of sp³-hybridized carbons (Fsp3) is 0.500. The Hall–Kier alpha value is -1.70. The number of carboxylic acid groups (broad SMARTS) is 2. The minimum Gasteiger partial charge on any atom is -0.478 e. The summed E-state index contributed by atoms with van der Waals surface area (Å²) in [6.07, 6.45) is 7.20. The lowest BCUT2D eigenvalue weighted by molar-refractivity contribution is -0.0181. The van der Waals surface area contributed by atoms with Crippen molar-refractivity contribution in [2.45, 2.75) is 38.5 Å². The van der Waals surface area contributed by atoms with Gasteiger partial charge in [-0.25, -0.2) is 9.59 Å². The number of hydrogen-bond acceptors (Lipinski definition) is 2. The summed E-state index contributed by atoms with van der Waals surface area (Å²) in [5.74, 6) is 6.33. The zero-order valence-corrected chi connectivity index (χ0v) is 15.9. The van der Waals surface area contributed by atoms with E-state index in [-0.39, 0.29) is 46.9 Å². The number of aromatic carboxylic acids is 2. The summed E-state index contributed by atoms with van der Waals surface area (Å²) < 4.78 is 0. The van der Waals surface area contributed by atoms with Gasteiger partial charge < -0.3 is 10.2 Å². The summed E-state index contributed by atoms with van der Waals surface area (Å²) in [5, 5.41) is 18.7. The van der Waals surface area contributed by atoms with E-state index >= 15 is 0 Å². The Bertz CT molecular complexity index is 723. The van der Waals surface area contributed by atoms with Crippen LogP contribution in [0.2, 0.25) is 0 Å². The molecule has 6 heteroatoms. The number of halogens is 2. The average Bonchev–Trinajstić information content (AvgIpc) is 2.51. The van der Waals surface area contributed by atoms with Crippen molar-refractivity contribution in [3.63, 3.8) is 0 Å². The molecule has 0 saturated heterocycles. The van der Waals surface area contributed by atoms with Crippen molar-refractivity contribution in [1.82, 2.24) is 0 Å². The topological polar surface area (TPSA) is 74.6 Å². The van der Waals surface area contributed by atoms with Crippen LogP contribution in [-0.2, 0) is 0 Å². The van der Waals surface area contributed by atoms with E-state index in [4.69, 9.17) is 0 Å². The molecule has 0 amide bonds. The number of benzene rings is 1. The van der Waals surface area contributed by atoms with E-state index in [1.54, 1.807) is 0 Å². The Morgan fingerprint density at radius 2 is 1.31 bits per heavy atom. The maximum Gasteiger partial charge on any atom is 0.336 e. The van der Waals surface area contributed by atoms with Gasteiger partial charge in [0.1, 0.15) is 0 Å². The van der Waals surface area contributed by atoms with Crippen LogP contribution >= 0.6 is 24.8 Å². The fourth-order valence-electron chi connectivity index (χ4n) is 5.50. The molecule has 1 aromatic carbocycles. The molecule has 4 aliphatic rings. The highest BCUT2D eigenvalue weighted by molar-refractivity contribution is 5.98. The van der Waals surface area contributed by atoms with Gasteiger partial charge in [0.05, 0.1) is 16.7 Å². The van der Waals surface area contributed by atoms with Gasteiger partial charge in [0.2, 0.25) is 0 Å². The molecule has 0 heterocycles. The molecule has 0 radical (unpaired) electrons. The Balaban J connectivity index is 0.00000121. The molecule has 4 saturated carbocycles. The van der Waals surface area contributed by atoms with Crippen LogP contribution in [0.3, 0.4) is 0 Å². The van der Waals surface area contributed by atoms with Crippen LogP contribution in [0, 0.1) is 35.0 Å². The summed E-state index contributed by atoms with van der Waals surface area (Å²) in [4.78, 5) is 22.9. The van der Waals surface area contributed by atoms with Crippen LogP contribution in [0.1, 0.15) is 64.8 Å². The van der Waals surface area contributed by atoms with Crippen molar-refractivity contribution in [3.05, 3.63) is 34.9 Å². The van der Waals surface area contributed by atoms with E-state index in [0.717, 1.165) is 37.0 Å². The monoisotopic (exact) mass is 396 g/mol. The van der Waals surface area contributed by atoms with Crippen molar-refractivity contribution < 1.29 is 19.8 Å². The Labute approximate surface area is 165 Å². The molecule has 0 aliphatic heterocycles. The van der Waals surface area contributed by atoms with Gasteiger partial charge in [-0.15, -0.1) is 24.8 Å². The van der Waals surface area contributed by atoms with Gasteiger partial charge in [-0.1, -0.05) is 17.9 Å². The third kappa shape index (κ3) is 3.56. The summed E-state index contributed by atoms with van der Waals surface area (Å²) in [6.45, 7) is 0. The first-order valence-corrected chi connectivity index (χ1v) is 8.58. The van der Waals surface area contributed by atoms with E-state index in [1.807, 2.05) is 0 Å². The van der Waals surface area contributed by atoms with Crippen LogP contribution in [0.25, 0.3) is 0 Å². The van der Waals surface area contributed by atoms with Crippen LogP contribution in [-0.4, -0.2) is 22.2 Å². The lowest BCUT2D eigenvalue weighted by atomic mass is 9.50. The summed E-state index contributed by atoms with van der Waals surface area (Å²) >= 11 is 0. The van der Waals surface area contributed by atoms with Crippen LogP contribution < -0.4 is 0 Å². The van der Waals surface area contributed by atoms with Gasteiger partial charge in [0, 0.05) is 5.41 Å². The molecule has 2 N–H and O–H groups in total. The van der Waals surface area contributed by atoms with Gasteiger partial charge in [-0.05, 0) is 68.4 Å². The van der Waals surface area contributed by atoms with E-state index in [0.29, 0.717) is 0 Å². The molecule has 0 unspecified atom stereocenters. The first-order valence-electron chi connectivity index (χ1n) is 8.58. The zero-order chi connectivity index (χ0) is 16.9. The molecule has 0 aromatic heterocycles. The molecule has 1 aromatic rings. The summed E-state index contributed by atoms with van der Waals surface area (Å²) in [7, 11) is 0. The lowest BCUT2D eigenvalue weighted by Crippen LogP contribution is -2.45. The molecule has 5 rings (SSSR count). The van der Waals surface area contributed by atoms with Crippen molar-refractivity contribution in [3.8, 4) is 11.8 Å². The molecular formula is C20H22Cl2O4. The first-order chi connectivity index (χ1) is 11.5. The quantitative estimate of drug-likeness (QED) is 0.721. The molecule has 4 bridgehead atoms. The van der Waals surface area contributed by atoms with Gasteiger partial charge in [0.25, 0.3) is 0 Å². The van der Waals surface area contributed by atoms with Gasteiger partial charge in [-0.3, -0.25) is 0 Å². The first kappa shape index (κ1) is 20.6. The predicted molar refractivity (Wildman–Crippen MR) is 102 cm³/mol. The number of rotatable bonds is 2. The van der Waals surface area contributed by atoms with Gasteiger partial charge in [0.15, 0.2) is 0 Å². The molecular weight excluding hydrogens is 375 g/mol. The molecule has 0 spiro atoms. The van der Waals surface area contributed by atoms with Crippen LogP contribution in [0.5, 0.6) is 0 Å². The van der Waals surface area contributed by atoms with Gasteiger partial charge in [-0.2, -0.15) is 0 Å². The second-order valence-electron chi connectivity index (χ2n) is 7.79. The van der Waals surface area contributed by atoms with E-state index < -0.39 is 11.9 Å². The highest BCUT2D eigenvalue weighted by atomic mass is 35.5. The highest BCUT2D eigenvalue weighted by Gasteiger charge is 2.50. The van der Waals surface area contributed by atoms with E-state index in [2.05, 4.69) is 11.8 Å². The molecule has 0 atom stereocenters. The van der Waals surface area contributed by atoms with E-state index in [1.165, 1.54) is 37.5 Å². The SMILES string of the molecule is Cl.Cl.O=C(O)c1cccc(C(=O)O)c1C#CC12CC3CC(CC(C3)C1)C2. The second-order valence-corrected chi connectivity index (χ2v) is 7.79. The van der Waals surface area contributed by atoms with Crippen molar-refractivity contribution in [2.75, 3.05) is 0 Å². The third-order valence-corrected chi connectivity index (χ3v) is 6.02. The Kier molecular flexibility index (Phi) is 5.95. The molecule has 4 fully saturated rings. The number of hydrogen-bond donors (Lipinski definition) is 2. The van der Waals surface area contributed by atoms with Crippen molar-refractivity contribution in [1.29, 1.82) is 0 Å². The largest absolute Gasteiger partial charge is 0.478 e. The summed E-state index contributed by atoms with van der Waals surface area (Å²) in [6, 6.07) is 4.32.